The fourth-order valence-electron chi connectivity index (χ4n) is 0.904. The molecule has 12 heavy (non-hydrogen) atoms. The third kappa shape index (κ3) is 2.21. The van der Waals surface area contributed by atoms with Crippen molar-refractivity contribution in [2.45, 2.75) is 14.8 Å². The van der Waals surface area contributed by atoms with Gasteiger partial charge in [0.25, 0.3) is 0 Å². The van der Waals surface area contributed by atoms with Crippen LogP contribution in [0, 0.1) is 11.3 Å². The number of pyridine rings is 1. The molecule has 1 heterocycles. The minimum absolute atomic E-state index is 0.647. The van der Waals surface area contributed by atoms with Crippen molar-refractivity contribution in [1.29, 1.82) is 5.26 Å². The number of hydrogen-bond donors (Lipinski definition) is 0. The van der Waals surface area contributed by atoms with Gasteiger partial charge in [0.05, 0.1) is 0 Å². The van der Waals surface area contributed by atoms with Crippen LogP contribution in [-0.2, 0) is 0 Å². The Morgan fingerprint density at radius 1 is 1.33 bits per heavy atom. The van der Waals surface area contributed by atoms with Gasteiger partial charge in [-0.2, -0.15) is 0 Å². The predicted octanol–water partition coefficient (Wildman–Crippen LogP) is 1.50. The molecule has 0 radical (unpaired) electrons. The van der Waals surface area contributed by atoms with E-state index in [9.17, 15) is 0 Å². The summed E-state index contributed by atoms with van der Waals surface area (Å²) in [6.45, 7) is 0. The molecule has 0 aliphatic rings. The standard InChI is InChI=1S/C6H3N2.3CH3.Sn/c7-4-6-2-1-3-8-5-6;;;;/h1-2,5H;3*1H3;. The van der Waals surface area contributed by atoms with Crippen LogP contribution in [0.1, 0.15) is 5.56 Å². The third-order valence-electron chi connectivity index (χ3n) is 1.66. The molecule has 0 aromatic carbocycles. The van der Waals surface area contributed by atoms with E-state index in [0.717, 1.165) is 0 Å². The van der Waals surface area contributed by atoms with Crippen LogP contribution in [0.3, 0.4) is 0 Å². The van der Waals surface area contributed by atoms with Gasteiger partial charge < -0.3 is 0 Å². The third-order valence-corrected chi connectivity index (χ3v) is 6.89. The van der Waals surface area contributed by atoms with E-state index in [1.54, 1.807) is 6.20 Å². The summed E-state index contributed by atoms with van der Waals surface area (Å²) in [7, 11) is 0. The van der Waals surface area contributed by atoms with Gasteiger partial charge in [0, 0.05) is 0 Å². The Bertz CT molecular complexity index is 303. The number of aromatic nitrogens is 1. The topological polar surface area (TPSA) is 36.7 Å². The van der Waals surface area contributed by atoms with E-state index >= 15 is 0 Å². The maximum absolute atomic E-state index is 8.56. The molecule has 0 unspecified atom stereocenters. The summed E-state index contributed by atoms with van der Waals surface area (Å²) in [5, 5.41) is 8.56. The normalized spacial score (nSPS) is 10.8. The van der Waals surface area contributed by atoms with E-state index in [-0.39, 0.29) is 0 Å². The molecular weight excluding hydrogens is 255 g/mol. The Morgan fingerprint density at radius 3 is 2.33 bits per heavy atom. The quantitative estimate of drug-likeness (QED) is 0.723. The molecule has 3 heteroatoms. The molecule has 0 saturated carbocycles. The van der Waals surface area contributed by atoms with E-state index in [0.29, 0.717) is 5.56 Å². The van der Waals surface area contributed by atoms with Crippen LogP contribution in [0.2, 0.25) is 14.8 Å². The van der Waals surface area contributed by atoms with Gasteiger partial charge >= 0.3 is 77.1 Å². The van der Waals surface area contributed by atoms with Crippen molar-refractivity contribution in [3.8, 4) is 6.07 Å². The number of rotatable bonds is 1. The zero-order chi connectivity index (χ0) is 9.19. The molecule has 0 saturated heterocycles. The first-order chi connectivity index (χ1) is 5.54. The Balaban J connectivity index is 3.02. The van der Waals surface area contributed by atoms with E-state index in [4.69, 9.17) is 5.26 Å². The minimum atomic E-state index is -1.98. The van der Waals surface area contributed by atoms with Crippen molar-refractivity contribution in [3.05, 3.63) is 23.9 Å². The van der Waals surface area contributed by atoms with Gasteiger partial charge in [-0.25, -0.2) is 0 Å². The zero-order valence-electron chi connectivity index (χ0n) is 7.63. The summed E-state index contributed by atoms with van der Waals surface area (Å²) in [6, 6.07) is 5.91. The Labute approximate surface area is 77.1 Å². The van der Waals surface area contributed by atoms with Crippen molar-refractivity contribution in [3.63, 3.8) is 0 Å². The summed E-state index contributed by atoms with van der Waals surface area (Å²) >= 11 is -1.98. The van der Waals surface area contributed by atoms with Gasteiger partial charge in [0.2, 0.25) is 0 Å². The van der Waals surface area contributed by atoms with Crippen molar-refractivity contribution in [2.75, 3.05) is 0 Å². The van der Waals surface area contributed by atoms with E-state index < -0.39 is 18.4 Å². The molecule has 0 amide bonds. The molecule has 1 aromatic heterocycles. The Kier molecular flexibility index (Phi) is 2.73. The first-order valence-corrected chi connectivity index (χ1v) is 13.9. The summed E-state index contributed by atoms with van der Waals surface area (Å²) in [5.74, 6) is 0. The second kappa shape index (κ2) is 3.44. The number of hydrogen-bond acceptors (Lipinski definition) is 2. The number of nitriles is 1. The van der Waals surface area contributed by atoms with Crippen LogP contribution in [0.15, 0.2) is 18.3 Å². The van der Waals surface area contributed by atoms with Gasteiger partial charge in [-0.1, -0.05) is 0 Å². The maximum atomic E-state index is 8.56. The van der Waals surface area contributed by atoms with Crippen molar-refractivity contribution in [1.82, 2.24) is 4.98 Å². The summed E-state index contributed by atoms with van der Waals surface area (Å²) < 4.78 is 1.23. The molecule has 1 aromatic rings. The second-order valence-electron chi connectivity index (χ2n) is 3.79. The van der Waals surface area contributed by atoms with E-state index in [1.165, 1.54) is 3.71 Å². The molecule has 0 atom stereocenters. The van der Waals surface area contributed by atoms with Crippen LogP contribution in [0.25, 0.3) is 0 Å². The van der Waals surface area contributed by atoms with Gasteiger partial charge in [-0.3, -0.25) is 0 Å². The van der Waals surface area contributed by atoms with Gasteiger partial charge in [-0.15, -0.1) is 0 Å². The van der Waals surface area contributed by atoms with Gasteiger partial charge in [-0.05, 0) is 0 Å². The van der Waals surface area contributed by atoms with Crippen LogP contribution in [0.5, 0.6) is 0 Å². The fourth-order valence-corrected chi connectivity index (χ4v) is 3.86. The van der Waals surface area contributed by atoms with Crippen molar-refractivity contribution in [2.24, 2.45) is 0 Å². The molecule has 2 nitrogen and oxygen atoms in total. The molecule has 0 bridgehead atoms. The van der Waals surface area contributed by atoms with Gasteiger partial charge in [0.1, 0.15) is 0 Å². The summed E-state index contributed by atoms with van der Waals surface area (Å²) in [4.78, 5) is 11.2. The first-order valence-electron chi connectivity index (χ1n) is 3.90. The summed E-state index contributed by atoms with van der Waals surface area (Å²) in [6.07, 6.45) is 1.66. The Morgan fingerprint density at radius 2 is 2.00 bits per heavy atom. The van der Waals surface area contributed by atoms with Crippen LogP contribution < -0.4 is 3.71 Å². The second-order valence-corrected chi connectivity index (χ2v) is 18.1. The van der Waals surface area contributed by atoms with Crippen LogP contribution >= 0.6 is 0 Å². The average Bonchev–Trinajstić information content (AvgIpc) is 2.03. The monoisotopic (exact) mass is 268 g/mol. The van der Waals surface area contributed by atoms with Crippen LogP contribution in [0.4, 0.5) is 0 Å². The average molecular weight is 267 g/mol. The number of nitrogens with zero attached hydrogens (tertiary/aromatic N) is 2. The molecule has 0 fully saturated rings. The van der Waals surface area contributed by atoms with E-state index in [2.05, 4.69) is 25.9 Å². The molecule has 0 aliphatic carbocycles. The SMILES string of the molecule is [CH3][Sn]([CH3])([CH3])[c]1ccc(C#N)cn1. The molecule has 62 valence electrons. The first kappa shape index (κ1) is 9.53. The molecule has 0 aliphatic heterocycles. The molecule has 1 rings (SSSR count). The van der Waals surface area contributed by atoms with Crippen molar-refractivity contribution < 1.29 is 0 Å². The molecule has 0 spiro atoms. The van der Waals surface area contributed by atoms with E-state index in [1.807, 2.05) is 12.1 Å². The van der Waals surface area contributed by atoms with Gasteiger partial charge in [0.15, 0.2) is 0 Å². The molecule has 0 N–H and O–H groups in total. The van der Waals surface area contributed by atoms with Crippen LogP contribution in [-0.4, -0.2) is 23.4 Å². The van der Waals surface area contributed by atoms with Crippen molar-refractivity contribution >= 4 is 22.1 Å². The Hall–Kier alpha value is -0.561. The summed E-state index contributed by atoms with van der Waals surface area (Å²) in [5.41, 5.74) is 0.647. The predicted molar refractivity (Wildman–Crippen MR) is 51.9 cm³/mol. The fraction of sp³-hybridized carbons (Fsp3) is 0.333. The zero-order valence-corrected chi connectivity index (χ0v) is 10.5. The molecular formula is C9H12N2Sn.